The van der Waals surface area contributed by atoms with Crippen LogP contribution in [0.2, 0.25) is 0 Å². The molecule has 1 aromatic carbocycles. The van der Waals surface area contributed by atoms with Gasteiger partial charge in [-0.25, -0.2) is 0 Å². The molecule has 1 nitrogen and oxygen atoms in total. The Bertz CT molecular complexity index is 639. The fraction of sp³-hybridized carbons (Fsp3) is 0.400. The van der Waals surface area contributed by atoms with Crippen LogP contribution < -0.4 is 5.32 Å². The zero-order chi connectivity index (χ0) is 15.5. The fourth-order valence-corrected chi connectivity index (χ4v) is 4.03. The minimum absolute atomic E-state index is 0.460. The molecule has 0 amide bonds. The van der Waals surface area contributed by atoms with Crippen LogP contribution in [0.5, 0.6) is 0 Å². The average molecular weight is 314 g/mol. The Hall–Kier alpha value is -1.31. The van der Waals surface area contributed by atoms with E-state index in [1.807, 2.05) is 0 Å². The first-order valence-corrected chi connectivity index (χ1v) is 8.64. The molecule has 2 heteroatoms. The number of halogens is 1. The molecule has 1 N–H and O–H groups in total. The Labute approximate surface area is 138 Å². The summed E-state index contributed by atoms with van der Waals surface area (Å²) in [5.41, 5.74) is 5.59. The predicted octanol–water partition coefficient (Wildman–Crippen LogP) is 5.61. The van der Waals surface area contributed by atoms with E-state index in [0.29, 0.717) is 12.0 Å². The molecule has 2 aliphatic rings. The molecule has 2 unspecified atom stereocenters. The van der Waals surface area contributed by atoms with E-state index in [2.05, 4.69) is 61.8 Å². The van der Waals surface area contributed by atoms with Gasteiger partial charge in [-0.1, -0.05) is 54.9 Å². The SMILES string of the molecule is CCC1=C(Cl)C=C(C2CCC(NC)c3ccccc32)C=CC1. The summed E-state index contributed by atoms with van der Waals surface area (Å²) in [6.07, 6.45) is 11.1. The molecule has 0 fully saturated rings. The lowest BCUT2D eigenvalue weighted by Gasteiger charge is -2.32. The van der Waals surface area contributed by atoms with Gasteiger partial charge in [0.15, 0.2) is 0 Å². The first-order valence-electron chi connectivity index (χ1n) is 8.26. The summed E-state index contributed by atoms with van der Waals surface area (Å²) in [7, 11) is 2.06. The second-order valence-corrected chi connectivity index (χ2v) is 6.56. The van der Waals surface area contributed by atoms with Crippen LogP contribution in [0, 0.1) is 0 Å². The minimum atomic E-state index is 0.460. The second-order valence-electron chi connectivity index (χ2n) is 6.16. The highest BCUT2D eigenvalue weighted by Crippen LogP contribution is 2.42. The Balaban J connectivity index is 2.01. The van der Waals surface area contributed by atoms with Gasteiger partial charge in [0.05, 0.1) is 0 Å². The maximum absolute atomic E-state index is 6.54. The van der Waals surface area contributed by atoms with Gasteiger partial charge in [0, 0.05) is 17.0 Å². The van der Waals surface area contributed by atoms with Gasteiger partial charge in [-0.15, -0.1) is 0 Å². The number of hydrogen-bond donors (Lipinski definition) is 1. The van der Waals surface area contributed by atoms with Crippen LogP contribution in [0.1, 0.15) is 55.7 Å². The van der Waals surface area contributed by atoms with Gasteiger partial charge in [0.25, 0.3) is 0 Å². The zero-order valence-corrected chi connectivity index (χ0v) is 14.2. The highest BCUT2D eigenvalue weighted by Gasteiger charge is 2.28. The minimum Gasteiger partial charge on any atom is -0.313 e. The van der Waals surface area contributed by atoms with E-state index in [-0.39, 0.29) is 0 Å². The maximum atomic E-state index is 6.54. The standard InChI is InChI=1S/C20H24ClN/c1-3-14-7-6-8-15(13-19(14)21)16-11-12-20(22-2)18-10-5-4-9-17(16)18/h4-6,8-10,13,16,20,22H,3,7,11-12H2,1-2H3. The van der Waals surface area contributed by atoms with Gasteiger partial charge in [0.2, 0.25) is 0 Å². The third-order valence-electron chi connectivity index (χ3n) is 4.97. The van der Waals surface area contributed by atoms with Crippen molar-refractivity contribution in [2.75, 3.05) is 7.05 Å². The third-order valence-corrected chi connectivity index (χ3v) is 5.35. The fourth-order valence-electron chi connectivity index (χ4n) is 3.70. The molecule has 2 aliphatic carbocycles. The van der Waals surface area contributed by atoms with E-state index in [9.17, 15) is 0 Å². The van der Waals surface area contributed by atoms with Crippen LogP contribution in [0.3, 0.4) is 0 Å². The Morgan fingerprint density at radius 2 is 1.95 bits per heavy atom. The molecule has 0 aromatic heterocycles. The first kappa shape index (κ1) is 15.6. The summed E-state index contributed by atoms with van der Waals surface area (Å²) in [6.45, 7) is 2.18. The molecule has 0 spiro atoms. The molecule has 0 saturated heterocycles. The summed E-state index contributed by atoms with van der Waals surface area (Å²) in [5, 5.41) is 4.39. The molecule has 0 bridgehead atoms. The van der Waals surface area contributed by atoms with E-state index < -0.39 is 0 Å². The molecular weight excluding hydrogens is 290 g/mol. The molecule has 0 radical (unpaired) electrons. The lowest BCUT2D eigenvalue weighted by atomic mass is 9.76. The van der Waals surface area contributed by atoms with E-state index in [0.717, 1.165) is 17.9 Å². The van der Waals surface area contributed by atoms with Crippen LogP contribution in [0.25, 0.3) is 0 Å². The lowest BCUT2D eigenvalue weighted by molar-refractivity contribution is 0.470. The smallest absolute Gasteiger partial charge is 0.0403 e. The second kappa shape index (κ2) is 6.85. The van der Waals surface area contributed by atoms with Gasteiger partial charge in [0.1, 0.15) is 0 Å². The summed E-state index contributed by atoms with van der Waals surface area (Å²) in [5.74, 6) is 0.460. The maximum Gasteiger partial charge on any atom is 0.0403 e. The van der Waals surface area contributed by atoms with Crippen molar-refractivity contribution in [2.45, 2.75) is 44.6 Å². The van der Waals surface area contributed by atoms with E-state index in [1.54, 1.807) is 0 Å². The summed E-state index contributed by atoms with van der Waals surface area (Å²) in [6, 6.07) is 9.31. The summed E-state index contributed by atoms with van der Waals surface area (Å²) >= 11 is 6.54. The molecule has 116 valence electrons. The number of benzene rings is 1. The Kier molecular flexibility index (Phi) is 4.85. The highest BCUT2D eigenvalue weighted by atomic mass is 35.5. The van der Waals surface area contributed by atoms with Crippen LogP contribution in [0.4, 0.5) is 0 Å². The van der Waals surface area contributed by atoms with Crippen molar-refractivity contribution >= 4 is 11.6 Å². The van der Waals surface area contributed by atoms with Gasteiger partial charge in [-0.2, -0.15) is 0 Å². The molecule has 0 heterocycles. The normalized spacial score (nSPS) is 24.8. The van der Waals surface area contributed by atoms with Gasteiger partial charge in [-0.05, 0) is 61.1 Å². The topological polar surface area (TPSA) is 12.0 Å². The Morgan fingerprint density at radius 3 is 2.68 bits per heavy atom. The first-order chi connectivity index (χ1) is 10.7. The van der Waals surface area contributed by atoms with E-state index in [1.165, 1.54) is 35.1 Å². The number of nitrogens with one attached hydrogen (secondary N) is 1. The lowest BCUT2D eigenvalue weighted by Crippen LogP contribution is -2.24. The number of fused-ring (bicyclic) bond motifs is 1. The monoisotopic (exact) mass is 313 g/mol. The van der Waals surface area contributed by atoms with E-state index >= 15 is 0 Å². The molecule has 0 aliphatic heterocycles. The van der Waals surface area contributed by atoms with Crippen molar-refractivity contribution in [1.82, 2.24) is 5.32 Å². The number of allylic oxidation sites excluding steroid dienone is 6. The van der Waals surface area contributed by atoms with E-state index in [4.69, 9.17) is 11.6 Å². The van der Waals surface area contributed by atoms with Gasteiger partial charge < -0.3 is 5.32 Å². The Morgan fingerprint density at radius 1 is 1.18 bits per heavy atom. The molecule has 2 atom stereocenters. The van der Waals surface area contributed by atoms with Crippen LogP contribution in [-0.2, 0) is 0 Å². The number of hydrogen-bond acceptors (Lipinski definition) is 1. The molecule has 1 aromatic rings. The largest absolute Gasteiger partial charge is 0.313 e. The van der Waals surface area contributed by atoms with Crippen LogP contribution >= 0.6 is 11.6 Å². The van der Waals surface area contributed by atoms with Crippen molar-refractivity contribution in [1.29, 1.82) is 0 Å². The van der Waals surface area contributed by atoms with Crippen molar-refractivity contribution < 1.29 is 0 Å². The third kappa shape index (κ3) is 2.93. The highest BCUT2D eigenvalue weighted by molar-refractivity contribution is 6.31. The molecule has 22 heavy (non-hydrogen) atoms. The van der Waals surface area contributed by atoms with Crippen molar-refractivity contribution in [3.63, 3.8) is 0 Å². The van der Waals surface area contributed by atoms with Crippen molar-refractivity contribution in [2.24, 2.45) is 0 Å². The van der Waals surface area contributed by atoms with Crippen LogP contribution in [-0.4, -0.2) is 7.05 Å². The molecule has 0 saturated carbocycles. The van der Waals surface area contributed by atoms with Crippen LogP contribution in [0.15, 0.2) is 58.7 Å². The molecular formula is C20H24ClN. The number of rotatable bonds is 3. The van der Waals surface area contributed by atoms with Gasteiger partial charge in [-0.3, -0.25) is 0 Å². The van der Waals surface area contributed by atoms with Crippen molar-refractivity contribution in [3.8, 4) is 0 Å². The predicted molar refractivity (Wildman–Crippen MR) is 95.2 cm³/mol. The summed E-state index contributed by atoms with van der Waals surface area (Å²) in [4.78, 5) is 0. The average Bonchev–Trinajstić information content (AvgIpc) is 2.75. The quantitative estimate of drug-likeness (QED) is 0.764. The van der Waals surface area contributed by atoms with Crippen molar-refractivity contribution in [3.05, 3.63) is 69.8 Å². The molecule has 3 rings (SSSR count). The van der Waals surface area contributed by atoms with Gasteiger partial charge >= 0.3 is 0 Å². The zero-order valence-electron chi connectivity index (χ0n) is 13.4. The summed E-state index contributed by atoms with van der Waals surface area (Å²) < 4.78 is 0.